The molecule has 1 heterocycles. The molecular weight excluding hydrogens is 332 g/mol. The number of amides is 1. The molecule has 0 radical (unpaired) electrons. The zero-order chi connectivity index (χ0) is 18.5. The molecule has 0 aliphatic carbocycles. The number of carbonyl (C=O) groups is 1. The number of hydrogen-bond acceptors (Lipinski definition) is 2. The third-order valence-electron chi connectivity index (χ3n) is 4.15. The third kappa shape index (κ3) is 3.86. The maximum Gasteiger partial charge on any atom is 0.256 e. The Bertz CT molecular complexity index is 1170. The Morgan fingerprint density at radius 1 is 0.815 bits per heavy atom. The van der Waals surface area contributed by atoms with E-state index >= 15 is 0 Å². The summed E-state index contributed by atoms with van der Waals surface area (Å²) in [6.45, 7) is 0. The molecule has 0 saturated carbocycles. The van der Waals surface area contributed by atoms with Crippen molar-refractivity contribution in [3.8, 4) is 11.8 Å². The highest BCUT2D eigenvalue weighted by Crippen LogP contribution is 2.20. The highest BCUT2D eigenvalue weighted by Gasteiger charge is 2.10. The molecule has 0 aliphatic rings. The number of pyridine rings is 1. The van der Waals surface area contributed by atoms with Gasteiger partial charge in [0.2, 0.25) is 0 Å². The topological polar surface area (TPSA) is 42.0 Å². The second-order valence-electron chi connectivity index (χ2n) is 6.03. The summed E-state index contributed by atoms with van der Waals surface area (Å²) >= 11 is 0. The molecule has 3 heteroatoms. The SMILES string of the molecule is O=C(Nc1cccc(C#Cc2ccccn2)c1)c1cccc2ccccc12. The summed E-state index contributed by atoms with van der Waals surface area (Å²) in [7, 11) is 0. The number of nitrogens with one attached hydrogen (secondary N) is 1. The second kappa shape index (κ2) is 7.55. The summed E-state index contributed by atoms with van der Waals surface area (Å²) in [5.74, 6) is 5.97. The minimum absolute atomic E-state index is 0.137. The largest absolute Gasteiger partial charge is 0.322 e. The Kier molecular flexibility index (Phi) is 4.63. The Morgan fingerprint density at radius 3 is 2.52 bits per heavy atom. The van der Waals surface area contributed by atoms with E-state index in [9.17, 15) is 4.79 Å². The average molecular weight is 348 g/mol. The van der Waals surface area contributed by atoms with Crippen LogP contribution in [0.15, 0.2) is 91.1 Å². The Balaban J connectivity index is 1.58. The first-order chi connectivity index (χ1) is 13.3. The van der Waals surface area contributed by atoms with Gasteiger partial charge in [-0.05, 0) is 53.1 Å². The van der Waals surface area contributed by atoms with E-state index in [1.54, 1.807) is 6.20 Å². The van der Waals surface area contributed by atoms with Gasteiger partial charge in [0.15, 0.2) is 0 Å². The van der Waals surface area contributed by atoms with Crippen LogP contribution in [0.4, 0.5) is 5.69 Å². The third-order valence-corrected chi connectivity index (χ3v) is 4.15. The van der Waals surface area contributed by atoms with Crippen LogP contribution in [0.2, 0.25) is 0 Å². The fourth-order valence-corrected chi connectivity index (χ4v) is 2.87. The minimum Gasteiger partial charge on any atom is -0.322 e. The van der Waals surface area contributed by atoms with Gasteiger partial charge >= 0.3 is 0 Å². The molecular formula is C24H16N2O. The van der Waals surface area contributed by atoms with Crippen LogP contribution < -0.4 is 5.32 Å². The van der Waals surface area contributed by atoms with E-state index in [0.717, 1.165) is 16.3 Å². The minimum atomic E-state index is -0.137. The number of anilines is 1. The molecule has 0 saturated heterocycles. The fraction of sp³-hybridized carbons (Fsp3) is 0. The van der Waals surface area contributed by atoms with E-state index < -0.39 is 0 Å². The lowest BCUT2D eigenvalue weighted by atomic mass is 10.0. The second-order valence-corrected chi connectivity index (χ2v) is 6.03. The summed E-state index contributed by atoms with van der Waals surface area (Å²) in [4.78, 5) is 17.0. The molecule has 3 aromatic carbocycles. The number of aromatic nitrogens is 1. The molecule has 3 nitrogen and oxygen atoms in total. The van der Waals surface area contributed by atoms with Gasteiger partial charge in [0.05, 0.1) is 0 Å². The molecule has 1 amide bonds. The summed E-state index contributed by atoms with van der Waals surface area (Å²) in [6, 6.07) is 26.7. The van der Waals surface area contributed by atoms with Crippen LogP contribution in [0.1, 0.15) is 21.6 Å². The van der Waals surface area contributed by atoms with Crippen LogP contribution in [0.5, 0.6) is 0 Å². The first-order valence-corrected chi connectivity index (χ1v) is 8.62. The van der Waals surface area contributed by atoms with Crippen molar-refractivity contribution in [3.05, 3.63) is 108 Å². The number of fused-ring (bicyclic) bond motifs is 1. The van der Waals surface area contributed by atoms with Crippen molar-refractivity contribution in [1.82, 2.24) is 4.98 Å². The summed E-state index contributed by atoms with van der Waals surface area (Å²) in [5, 5.41) is 4.94. The molecule has 0 bridgehead atoms. The number of benzene rings is 3. The molecule has 0 spiro atoms. The number of carbonyl (C=O) groups excluding carboxylic acids is 1. The lowest BCUT2D eigenvalue weighted by molar-refractivity contribution is 0.102. The number of hydrogen-bond donors (Lipinski definition) is 1. The molecule has 1 aromatic heterocycles. The van der Waals surface area contributed by atoms with Crippen LogP contribution in [-0.4, -0.2) is 10.9 Å². The first kappa shape index (κ1) is 16.6. The molecule has 4 rings (SSSR count). The summed E-state index contributed by atoms with van der Waals surface area (Å²) < 4.78 is 0. The zero-order valence-corrected chi connectivity index (χ0v) is 14.5. The molecule has 0 atom stereocenters. The van der Waals surface area contributed by atoms with Crippen LogP contribution in [0.3, 0.4) is 0 Å². The van der Waals surface area contributed by atoms with Crippen molar-refractivity contribution in [2.24, 2.45) is 0 Å². The molecule has 0 fully saturated rings. The van der Waals surface area contributed by atoms with E-state index in [4.69, 9.17) is 0 Å². The number of rotatable bonds is 2. The van der Waals surface area contributed by atoms with E-state index in [2.05, 4.69) is 22.1 Å². The van der Waals surface area contributed by atoms with Crippen LogP contribution in [0.25, 0.3) is 10.8 Å². The van der Waals surface area contributed by atoms with Gasteiger partial charge in [-0.3, -0.25) is 4.79 Å². The van der Waals surface area contributed by atoms with Gasteiger partial charge in [-0.2, -0.15) is 0 Å². The van der Waals surface area contributed by atoms with Crippen molar-refractivity contribution in [2.75, 3.05) is 5.32 Å². The molecule has 27 heavy (non-hydrogen) atoms. The monoisotopic (exact) mass is 348 g/mol. The van der Waals surface area contributed by atoms with Crippen molar-refractivity contribution in [1.29, 1.82) is 0 Å². The first-order valence-electron chi connectivity index (χ1n) is 8.62. The van der Waals surface area contributed by atoms with Gasteiger partial charge < -0.3 is 5.32 Å². The van der Waals surface area contributed by atoms with Crippen molar-refractivity contribution >= 4 is 22.4 Å². The van der Waals surface area contributed by atoms with Gasteiger partial charge in [-0.25, -0.2) is 4.98 Å². The summed E-state index contributed by atoms with van der Waals surface area (Å²) in [6.07, 6.45) is 1.71. The normalized spacial score (nSPS) is 10.1. The quantitative estimate of drug-likeness (QED) is 0.524. The highest BCUT2D eigenvalue weighted by molar-refractivity contribution is 6.12. The van der Waals surface area contributed by atoms with Crippen molar-refractivity contribution in [3.63, 3.8) is 0 Å². The molecule has 4 aromatic rings. The predicted octanol–water partition coefficient (Wildman–Crippen LogP) is 4.89. The van der Waals surface area contributed by atoms with Crippen LogP contribution in [0, 0.1) is 11.8 Å². The highest BCUT2D eigenvalue weighted by atomic mass is 16.1. The molecule has 1 N–H and O–H groups in total. The average Bonchev–Trinajstić information content (AvgIpc) is 2.73. The van der Waals surface area contributed by atoms with Gasteiger partial charge in [0, 0.05) is 23.0 Å². The van der Waals surface area contributed by atoms with E-state index in [0.29, 0.717) is 16.9 Å². The van der Waals surface area contributed by atoms with Gasteiger partial charge in [-0.15, -0.1) is 0 Å². The van der Waals surface area contributed by atoms with E-state index in [-0.39, 0.29) is 5.91 Å². The van der Waals surface area contributed by atoms with E-state index in [1.165, 1.54) is 0 Å². The number of nitrogens with zero attached hydrogens (tertiary/aromatic N) is 1. The van der Waals surface area contributed by atoms with Gasteiger partial charge in [0.25, 0.3) is 5.91 Å². The Hall–Kier alpha value is -3.90. The van der Waals surface area contributed by atoms with Gasteiger partial charge in [-0.1, -0.05) is 54.5 Å². The van der Waals surface area contributed by atoms with E-state index in [1.807, 2.05) is 84.9 Å². The Labute approximate surface area is 157 Å². The maximum atomic E-state index is 12.8. The summed E-state index contributed by atoms with van der Waals surface area (Å²) in [5.41, 5.74) is 2.89. The maximum absolute atomic E-state index is 12.8. The van der Waals surface area contributed by atoms with Crippen molar-refractivity contribution in [2.45, 2.75) is 0 Å². The van der Waals surface area contributed by atoms with Crippen LogP contribution in [-0.2, 0) is 0 Å². The predicted molar refractivity (Wildman–Crippen MR) is 109 cm³/mol. The molecule has 128 valence electrons. The Morgan fingerprint density at radius 2 is 1.63 bits per heavy atom. The molecule has 0 unspecified atom stereocenters. The van der Waals surface area contributed by atoms with Gasteiger partial charge in [0.1, 0.15) is 5.69 Å². The standard InChI is InChI=1S/C24H16N2O/c27-24(23-13-6-9-19-8-1-2-12-22(19)23)26-21-11-5-7-18(17-21)14-15-20-10-3-4-16-25-20/h1-13,16-17H,(H,26,27). The smallest absolute Gasteiger partial charge is 0.256 e. The lowest BCUT2D eigenvalue weighted by Gasteiger charge is -2.08. The fourth-order valence-electron chi connectivity index (χ4n) is 2.87. The lowest BCUT2D eigenvalue weighted by Crippen LogP contribution is -2.12. The van der Waals surface area contributed by atoms with Crippen LogP contribution >= 0.6 is 0 Å². The van der Waals surface area contributed by atoms with Crippen molar-refractivity contribution < 1.29 is 4.79 Å². The zero-order valence-electron chi connectivity index (χ0n) is 14.5. The molecule has 0 aliphatic heterocycles.